The number of anilines is 1. The van der Waals surface area contributed by atoms with E-state index in [2.05, 4.69) is 0 Å². The van der Waals surface area contributed by atoms with Gasteiger partial charge < -0.3 is 19.7 Å². The van der Waals surface area contributed by atoms with Crippen molar-refractivity contribution in [2.24, 2.45) is 0 Å². The molecule has 1 fully saturated rings. The van der Waals surface area contributed by atoms with Crippen LogP contribution in [0, 0.1) is 0 Å². The molecular formula is C26H18Cl2F3NO6. The number of rotatable bonds is 5. The minimum Gasteiger partial charge on any atom is -0.508 e. The molecule has 1 amide bonds. The van der Waals surface area contributed by atoms with Gasteiger partial charge in [0, 0.05) is 5.69 Å². The van der Waals surface area contributed by atoms with Crippen LogP contribution in [0.1, 0.15) is 22.7 Å². The number of Topliss-reactive ketones (excluding diaryl/α,β-unsaturated/α-hetero) is 1. The average molecular weight is 568 g/mol. The van der Waals surface area contributed by atoms with Gasteiger partial charge in [0.05, 0.1) is 42.0 Å². The Morgan fingerprint density at radius 2 is 1.61 bits per heavy atom. The van der Waals surface area contributed by atoms with Crippen LogP contribution in [-0.2, 0) is 15.8 Å². The van der Waals surface area contributed by atoms with Crippen LogP contribution in [0.5, 0.6) is 17.2 Å². The third kappa shape index (κ3) is 4.61. The first-order chi connectivity index (χ1) is 17.9. The van der Waals surface area contributed by atoms with Crippen LogP contribution in [0.15, 0.2) is 60.2 Å². The Hall–Kier alpha value is -3.89. The zero-order valence-electron chi connectivity index (χ0n) is 19.6. The topological polar surface area (TPSA) is 96.3 Å². The highest BCUT2D eigenvalue weighted by molar-refractivity contribution is 6.52. The molecular weight excluding hydrogens is 550 g/mol. The second-order valence-corrected chi connectivity index (χ2v) is 8.88. The van der Waals surface area contributed by atoms with Gasteiger partial charge in [-0.15, -0.1) is 0 Å². The summed E-state index contributed by atoms with van der Waals surface area (Å²) in [6, 6.07) is 8.97. The maximum absolute atomic E-state index is 13.4. The summed E-state index contributed by atoms with van der Waals surface area (Å²) in [5.74, 6) is -3.34. The number of hydrogen-bond donors (Lipinski definition) is 2. The molecule has 7 nitrogen and oxygen atoms in total. The molecule has 1 saturated heterocycles. The molecule has 0 bridgehead atoms. The summed E-state index contributed by atoms with van der Waals surface area (Å²) in [5.41, 5.74) is -1.69. The Morgan fingerprint density at radius 1 is 0.974 bits per heavy atom. The van der Waals surface area contributed by atoms with E-state index in [1.165, 1.54) is 50.6 Å². The van der Waals surface area contributed by atoms with E-state index in [9.17, 15) is 33.0 Å². The Balaban J connectivity index is 2.02. The lowest BCUT2D eigenvalue weighted by Gasteiger charge is -2.26. The van der Waals surface area contributed by atoms with E-state index in [1.807, 2.05) is 0 Å². The number of amides is 1. The molecule has 1 aliphatic rings. The Labute approximate surface area is 224 Å². The van der Waals surface area contributed by atoms with Crippen LogP contribution < -0.4 is 14.4 Å². The van der Waals surface area contributed by atoms with Crippen LogP contribution in [0.25, 0.3) is 5.76 Å². The maximum Gasteiger partial charge on any atom is 0.416 e. The first-order valence-corrected chi connectivity index (χ1v) is 11.5. The molecule has 0 aliphatic carbocycles. The number of aromatic hydroxyl groups is 1. The average Bonchev–Trinajstić information content (AvgIpc) is 3.14. The number of carbonyl (C=O) groups excluding carboxylic acids is 2. The zero-order chi connectivity index (χ0) is 27.9. The number of nitrogens with zero attached hydrogens (tertiary/aromatic N) is 1. The van der Waals surface area contributed by atoms with Crippen molar-refractivity contribution in [3.63, 3.8) is 0 Å². The van der Waals surface area contributed by atoms with Crippen molar-refractivity contribution in [2.45, 2.75) is 12.2 Å². The molecule has 4 rings (SSSR count). The Kier molecular flexibility index (Phi) is 7.22. The molecule has 0 spiro atoms. The fourth-order valence-corrected chi connectivity index (χ4v) is 4.88. The number of alkyl halides is 3. The monoisotopic (exact) mass is 567 g/mol. The van der Waals surface area contributed by atoms with Gasteiger partial charge in [-0.1, -0.05) is 41.4 Å². The summed E-state index contributed by atoms with van der Waals surface area (Å²) < 4.78 is 50.8. The number of benzene rings is 3. The third-order valence-corrected chi connectivity index (χ3v) is 6.52. The lowest BCUT2D eigenvalue weighted by atomic mass is 9.94. The van der Waals surface area contributed by atoms with Crippen molar-refractivity contribution in [1.29, 1.82) is 0 Å². The molecule has 0 saturated carbocycles. The van der Waals surface area contributed by atoms with Crippen molar-refractivity contribution in [1.82, 2.24) is 0 Å². The number of phenols is 1. The SMILES string of the molecule is COc1c(Cl)cc(/C(O)=C2\C(=O)C(=O)N(c3cccc(C(F)(F)F)c3)C2c2ccc(O)cc2)c(OC)c1Cl. The van der Waals surface area contributed by atoms with E-state index >= 15 is 0 Å². The highest BCUT2D eigenvalue weighted by Gasteiger charge is 2.48. The second-order valence-electron chi connectivity index (χ2n) is 8.10. The molecule has 12 heteroatoms. The minimum atomic E-state index is -4.72. The van der Waals surface area contributed by atoms with Crippen LogP contribution in [0.2, 0.25) is 10.0 Å². The molecule has 1 atom stereocenters. The number of aliphatic hydroxyl groups excluding tert-OH is 1. The molecule has 0 radical (unpaired) electrons. The lowest BCUT2D eigenvalue weighted by molar-refractivity contribution is -0.137. The number of aliphatic hydroxyl groups is 1. The minimum absolute atomic E-state index is 0.0289. The fourth-order valence-electron chi connectivity index (χ4n) is 4.19. The molecule has 3 aromatic rings. The van der Waals surface area contributed by atoms with E-state index in [1.54, 1.807) is 0 Å². The Bertz CT molecular complexity index is 1470. The largest absolute Gasteiger partial charge is 0.508 e. The van der Waals surface area contributed by atoms with Crippen molar-refractivity contribution >= 4 is 46.3 Å². The zero-order valence-corrected chi connectivity index (χ0v) is 21.1. The van der Waals surface area contributed by atoms with E-state index < -0.39 is 40.8 Å². The van der Waals surface area contributed by atoms with Gasteiger partial charge in [-0.05, 0) is 42.0 Å². The number of ether oxygens (including phenoxy) is 2. The first kappa shape index (κ1) is 27.2. The molecule has 1 aliphatic heterocycles. The molecule has 3 aromatic carbocycles. The van der Waals surface area contributed by atoms with Gasteiger partial charge in [0.2, 0.25) is 0 Å². The standard InChI is InChI=1S/C26H18Cl2F3NO6/c1-37-23-16(11-17(27)24(38-2)19(23)28)21(34)18-20(12-6-8-15(33)9-7-12)32(25(36)22(18)35)14-5-3-4-13(10-14)26(29,30)31/h3-11,20,33-34H,1-2H3/b21-18+. The highest BCUT2D eigenvalue weighted by atomic mass is 35.5. The summed E-state index contributed by atoms with van der Waals surface area (Å²) in [5, 5.41) is 21.0. The maximum atomic E-state index is 13.4. The van der Waals surface area contributed by atoms with Gasteiger partial charge in [-0.25, -0.2) is 0 Å². The summed E-state index contributed by atoms with van der Waals surface area (Å²) in [6.45, 7) is 0. The van der Waals surface area contributed by atoms with Crippen LogP contribution in [-0.4, -0.2) is 36.1 Å². The summed E-state index contributed by atoms with van der Waals surface area (Å²) in [7, 11) is 2.54. The number of halogens is 5. The molecule has 0 aromatic heterocycles. The van der Waals surface area contributed by atoms with Gasteiger partial charge in [0.1, 0.15) is 16.5 Å². The van der Waals surface area contributed by atoms with Crippen LogP contribution in [0.3, 0.4) is 0 Å². The lowest BCUT2D eigenvalue weighted by Crippen LogP contribution is -2.29. The van der Waals surface area contributed by atoms with Crippen molar-refractivity contribution < 1.29 is 42.4 Å². The number of hydrogen-bond acceptors (Lipinski definition) is 6. The van der Waals surface area contributed by atoms with E-state index in [4.69, 9.17) is 32.7 Å². The molecule has 2 N–H and O–H groups in total. The van der Waals surface area contributed by atoms with Crippen LogP contribution >= 0.6 is 23.2 Å². The molecule has 1 heterocycles. The molecule has 198 valence electrons. The van der Waals surface area contributed by atoms with Gasteiger partial charge in [0.15, 0.2) is 11.5 Å². The number of ketones is 1. The van der Waals surface area contributed by atoms with Gasteiger partial charge in [0.25, 0.3) is 11.7 Å². The smallest absolute Gasteiger partial charge is 0.416 e. The predicted octanol–water partition coefficient (Wildman–Crippen LogP) is 6.36. The van der Waals surface area contributed by atoms with E-state index in [0.29, 0.717) is 0 Å². The summed E-state index contributed by atoms with van der Waals surface area (Å²) in [6.07, 6.45) is -4.72. The normalized spacial score (nSPS) is 17.1. The summed E-state index contributed by atoms with van der Waals surface area (Å²) >= 11 is 12.6. The van der Waals surface area contributed by atoms with Crippen molar-refractivity contribution in [3.05, 3.63) is 86.9 Å². The van der Waals surface area contributed by atoms with Crippen molar-refractivity contribution in [2.75, 3.05) is 19.1 Å². The van der Waals surface area contributed by atoms with Crippen LogP contribution in [0.4, 0.5) is 18.9 Å². The number of methoxy groups -OCH3 is 2. The number of phenolic OH excluding ortho intramolecular Hbond substituents is 1. The highest BCUT2D eigenvalue weighted by Crippen LogP contribution is 2.48. The second kappa shape index (κ2) is 10.1. The Morgan fingerprint density at radius 3 is 2.18 bits per heavy atom. The van der Waals surface area contributed by atoms with Gasteiger partial charge in [-0.2, -0.15) is 13.2 Å². The third-order valence-electron chi connectivity index (χ3n) is 5.90. The fraction of sp³-hybridized carbons (Fsp3) is 0.154. The molecule has 38 heavy (non-hydrogen) atoms. The van der Waals surface area contributed by atoms with E-state index in [-0.39, 0.29) is 44.1 Å². The number of carbonyl (C=O) groups is 2. The van der Waals surface area contributed by atoms with E-state index in [0.717, 1.165) is 23.1 Å². The quantitative estimate of drug-likeness (QED) is 0.211. The predicted molar refractivity (Wildman–Crippen MR) is 134 cm³/mol. The first-order valence-electron chi connectivity index (χ1n) is 10.8. The molecule has 1 unspecified atom stereocenters. The van der Waals surface area contributed by atoms with Crippen molar-refractivity contribution in [3.8, 4) is 17.2 Å². The van der Waals surface area contributed by atoms with Gasteiger partial charge in [-0.3, -0.25) is 14.5 Å². The van der Waals surface area contributed by atoms with Gasteiger partial charge >= 0.3 is 6.18 Å². The summed E-state index contributed by atoms with van der Waals surface area (Å²) in [4.78, 5) is 27.4.